The molecule has 0 aromatic carbocycles. The van der Waals surface area contributed by atoms with Crippen molar-refractivity contribution in [1.29, 1.82) is 0 Å². The van der Waals surface area contributed by atoms with Gasteiger partial charge in [-0.1, -0.05) is 13.8 Å². The van der Waals surface area contributed by atoms with Crippen molar-refractivity contribution in [1.82, 2.24) is 4.90 Å². The van der Waals surface area contributed by atoms with Crippen LogP contribution in [-0.2, 0) is 38.4 Å². The Morgan fingerprint density at radius 1 is 1.09 bits per heavy atom. The van der Waals surface area contributed by atoms with Crippen molar-refractivity contribution < 1.29 is 48.6 Å². The molecule has 11 heteroatoms. The summed E-state index contributed by atoms with van der Waals surface area (Å²) >= 11 is 0. The average Bonchev–Trinajstić information content (AvgIpc) is 3.06. The third-order valence-electron chi connectivity index (χ3n) is 8.77. The Hall–Kier alpha value is -1.79. The molecule has 5 saturated heterocycles. The SMILES string of the molecule is C[C@H]1[C@H](OC(=O)CCC(=O)N2C[C@@H](O)C[C@H]2C(=O)O)O[C@@H]2O[C@@]3(C)CC[C@H]4[C@H](C)CC[C@@H]1[C@@]24OO3. The smallest absolute Gasteiger partial charge is 0.326 e. The number of amides is 1. The molecule has 0 aromatic rings. The van der Waals surface area contributed by atoms with Crippen LogP contribution in [0.3, 0.4) is 0 Å². The lowest BCUT2D eigenvalue weighted by Crippen LogP contribution is -2.70. The molecule has 1 saturated carbocycles. The predicted octanol–water partition coefficient (Wildman–Crippen LogP) is 1.56. The first kappa shape index (κ1) is 24.9. The van der Waals surface area contributed by atoms with Crippen LogP contribution in [0.25, 0.3) is 0 Å². The number of carboxylic acids is 1. The van der Waals surface area contributed by atoms with Crippen LogP contribution in [0, 0.1) is 23.7 Å². The first-order valence-corrected chi connectivity index (χ1v) is 12.6. The highest BCUT2D eigenvalue weighted by atomic mass is 17.3. The van der Waals surface area contributed by atoms with Crippen LogP contribution in [0.1, 0.15) is 65.7 Å². The zero-order chi connectivity index (χ0) is 25.1. The summed E-state index contributed by atoms with van der Waals surface area (Å²) in [5, 5.41) is 19.1. The number of nitrogens with zero attached hydrogens (tertiary/aromatic N) is 1. The van der Waals surface area contributed by atoms with Gasteiger partial charge in [0.05, 0.1) is 12.5 Å². The second-order valence-corrected chi connectivity index (χ2v) is 11.1. The fraction of sp³-hybridized carbons (Fsp3) is 0.875. The van der Waals surface area contributed by atoms with Crippen molar-refractivity contribution >= 4 is 17.8 Å². The Labute approximate surface area is 203 Å². The minimum atomic E-state index is -1.17. The van der Waals surface area contributed by atoms with Gasteiger partial charge >= 0.3 is 11.9 Å². The molecule has 0 radical (unpaired) electrons. The number of hydrogen-bond donors (Lipinski definition) is 2. The largest absolute Gasteiger partial charge is 0.480 e. The molecule has 6 aliphatic rings. The third-order valence-corrected chi connectivity index (χ3v) is 8.77. The monoisotopic (exact) mass is 497 g/mol. The zero-order valence-corrected chi connectivity index (χ0v) is 20.4. The molecule has 5 aliphatic heterocycles. The highest BCUT2D eigenvalue weighted by molar-refractivity contribution is 5.86. The van der Waals surface area contributed by atoms with Crippen LogP contribution in [0.15, 0.2) is 0 Å². The number of likely N-dealkylation sites (tertiary alicyclic amines) is 1. The maximum absolute atomic E-state index is 12.7. The molecule has 1 spiro atoms. The Bertz CT molecular complexity index is 882. The summed E-state index contributed by atoms with van der Waals surface area (Å²) in [7, 11) is 0. The molecular weight excluding hydrogens is 462 g/mol. The van der Waals surface area contributed by atoms with Gasteiger partial charge in [-0.15, -0.1) is 0 Å². The fourth-order valence-electron chi connectivity index (χ4n) is 6.87. The minimum absolute atomic E-state index is 0.00643. The van der Waals surface area contributed by atoms with Crippen molar-refractivity contribution in [3.8, 4) is 0 Å². The van der Waals surface area contributed by atoms with Gasteiger partial charge in [-0.05, 0) is 38.0 Å². The summed E-state index contributed by atoms with van der Waals surface area (Å²) in [4.78, 5) is 49.6. The lowest BCUT2D eigenvalue weighted by Gasteiger charge is -2.59. The van der Waals surface area contributed by atoms with E-state index in [4.69, 9.17) is 24.0 Å². The number of β-amino-alcohol motifs (C(OH)–C–C–N with tert-alkyl or cyclic N) is 1. The molecule has 6 fully saturated rings. The van der Waals surface area contributed by atoms with Gasteiger partial charge in [0.1, 0.15) is 6.04 Å². The van der Waals surface area contributed by atoms with Gasteiger partial charge < -0.3 is 29.3 Å². The van der Waals surface area contributed by atoms with Gasteiger partial charge in [0, 0.05) is 37.6 Å². The number of carbonyl (C=O) groups excluding carboxylic acids is 2. The van der Waals surface area contributed by atoms with Gasteiger partial charge in [0.2, 0.25) is 18.0 Å². The number of ether oxygens (including phenoxy) is 3. The molecule has 0 unspecified atom stereocenters. The molecule has 5 heterocycles. The Kier molecular flexibility index (Phi) is 6.36. The molecule has 196 valence electrons. The zero-order valence-electron chi connectivity index (χ0n) is 20.4. The Balaban J connectivity index is 1.24. The first-order valence-electron chi connectivity index (χ1n) is 12.6. The van der Waals surface area contributed by atoms with Crippen LogP contribution < -0.4 is 0 Å². The van der Waals surface area contributed by atoms with E-state index >= 15 is 0 Å². The molecule has 35 heavy (non-hydrogen) atoms. The number of aliphatic hydroxyl groups excluding tert-OH is 1. The highest BCUT2D eigenvalue weighted by Crippen LogP contribution is 2.60. The molecule has 2 bridgehead atoms. The van der Waals surface area contributed by atoms with E-state index in [2.05, 4.69) is 6.92 Å². The molecule has 2 N–H and O–H groups in total. The van der Waals surface area contributed by atoms with Crippen LogP contribution in [-0.4, -0.2) is 75.6 Å². The van der Waals surface area contributed by atoms with Crippen LogP contribution >= 0.6 is 0 Å². The summed E-state index contributed by atoms with van der Waals surface area (Å²) in [5.74, 6) is -2.78. The van der Waals surface area contributed by atoms with E-state index in [1.807, 2.05) is 13.8 Å². The Morgan fingerprint density at radius 2 is 1.86 bits per heavy atom. The lowest BCUT2D eigenvalue weighted by molar-refractivity contribution is -0.576. The van der Waals surface area contributed by atoms with Crippen molar-refractivity contribution in [3.05, 3.63) is 0 Å². The number of fused-ring (bicyclic) bond motifs is 2. The quantitative estimate of drug-likeness (QED) is 0.425. The van der Waals surface area contributed by atoms with Crippen molar-refractivity contribution in [2.75, 3.05) is 6.54 Å². The second kappa shape index (κ2) is 8.95. The summed E-state index contributed by atoms with van der Waals surface area (Å²) in [5.41, 5.74) is -0.756. The molecule has 1 aliphatic carbocycles. The number of rotatable bonds is 5. The number of carboxylic acid groups (broad SMARTS) is 1. The normalized spacial score (nSPS) is 46.6. The molecular formula is C24H35NO10. The number of esters is 1. The van der Waals surface area contributed by atoms with Crippen molar-refractivity contribution in [2.24, 2.45) is 23.7 Å². The maximum Gasteiger partial charge on any atom is 0.326 e. The van der Waals surface area contributed by atoms with Gasteiger partial charge in [0.25, 0.3) is 0 Å². The highest BCUT2D eigenvalue weighted by Gasteiger charge is 2.69. The van der Waals surface area contributed by atoms with E-state index in [9.17, 15) is 24.6 Å². The van der Waals surface area contributed by atoms with Crippen LogP contribution in [0.5, 0.6) is 0 Å². The minimum Gasteiger partial charge on any atom is -0.480 e. The Morgan fingerprint density at radius 3 is 2.60 bits per heavy atom. The number of aliphatic hydroxyl groups is 1. The van der Waals surface area contributed by atoms with E-state index < -0.39 is 54.0 Å². The van der Waals surface area contributed by atoms with Gasteiger partial charge in [0.15, 0.2) is 11.9 Å². The first-order chi connectivity index (χ1) is 16.5. The van der Waals surface area contributed by atoms with Crippen LogP contribution in [0.4, 0.5) is 0 Å². The predicted molar refractivity (Wildman–Crippen MR) is 116 cm³/mol. The molecule has 0 aromatic heterocycles. The summed E-state index contributed by atoms with van der Waals surface area (Å²) < 4.78 is 18.2. The second-order valence-electron chi connectivity index (χ2n) is 11.1. The molecule has 6 rings (SSSR count). The van der Waals surface area contributed by atoms with Gasteiger partial charge in [-0.2, -0.15) is 0 Å². The van der Waals surface area contributed by atoms with Gasteiger partial charge in [-0.25, -0.2) is 14.6 Å². The van der Waals surface area contributed by atoms with Crippen molar-refractivity contribution in [3.63, 3.8) is 0 Å². The van der Waals surface area contributed by atoms with Gasteiger partial charge in [-0.3, -0.25) is 9.59 Å². The molecule has 11 nitrogen and oxygen atoms in total. The van der Waals surface area contributed by atoms with Crippen molar-refractivity contribution in [2.45, 2.75) is 102 Å². The fourth-order valence-corrected chi connectivity index (χ4v) is 6.87. The number of carbonyl (C=O) groups is 3. The lowest BCUT2D eigenvalue weighted by atomic mass is 9.58. The van der Waals surface area contributed by atoms with E-state index in [0.29, 0.717) is 12.3 Å². The average molecular weight is 498 g/mol. The van der Waals surface area contributed by atoms with E-state index in [0.717, 1.165) is 24.2 Å². The summed E-state index contributed by atoms with van der Waals surface area (Å²) in [6.45, 7) is 5.96. The molecule has 1 amide bonds. The van der Waals surface area contributed by atoms with Crippen LogP contribution in [0.2, 0.25) is 0 Å². The number of hydrogen-bond acceptors (Lipinski definition) is 9. The summed E-state index contributed by atoms with van der Waals surface area (Å²) in [6, 6.07) is -1.08. The van der Waals surface area contributed by atoms with E-state index in [-0.39, 0.29) is 43.6 Å². The third kappa shape index (κ3) is 4.15. The molecule has 10 atom stereocenters. The number of aliphatic carboxylic acids is 1. The standard InChI is InChI=1S/C24H35NO10/c1-12-4-5-16-13(2)21(32-22-24(16)15(12)8-9-23(3,33-22)34-35-24)31-19(28)7-6-18(27)25-11-14(26)10-17(25)20(29)30/h12-17,21-22,26H,4-11H2,1-3H3,(H,29,30)/t12-,13-,14+,15+,16+,17+,21-,22-,23-,24-/m1/s1. The van der Waals surface area contributed by atoms with E-state index in [1.54, 1.807) is 0 Å². The van der Waals surface area contributed by atoms with E-state index in [1.165, 1.54) is 0 Å². The topological polar surface area (TPSA) is 141 Å². The maximum atomic E-state index is 12.7. The summed E-state index contributed by atoms with van der Waals surface area (Å²) in [6.07, 6.45) is 0.530.